The molecular formula is C22H26O11. The number of carbonyl (C=O) groups excluding carboxylic acids is 4. The molecule has 2 saturated carbocycles. The lowest BCUT2D eigenvalue weighted by Crippen LogP contribution is -2.67. The van der Waals surface area contributed by atoms with Crippen LogP contribution in [0, 0.1) is 28.1 Å². The average molecular weight is 466 g/mol. The second kappa shape index (κ2) is 5.52. The molecule has 2 N–H and O–H groups in total. The van der Waals surface area contributed by atoms with Gasteiger partial charge in [-0.3, -0.25) is 9.59 Å². The molecule has 4 saturated heterocycles. The van der Waals surface area contributed by atoms with Crippen molar-refractivity contribution in [1.82, 2.24) is 0 Å². The summed E-state index contributed by atoms with van der Waals surface area (Å²) in [7, 11) is 0. The van der Waals surface area contributed by atoms with E-state index in [1.165, 1.54) is 6.92 Å². The largest absolute Gasteiger partial charge is 0.459 e. The minimum absolute atomic E-state index is 0.202. The Kier molecular flexibility index (Phi) is 3.57. The number of carbonyl (C=O) groups is 4. The first-order valence-electron chi connectivity index (χ1n) is 11.1. The highest BCUT2D eigenvalue weighted by Crippen LogP contribution is 2.84. The maximum absolute atomic E-state index is 13.6. The lowest BCUT2D eigenvalue weighted by Gasteiger charge is -2.48. The lowest BCUT2D eigenvalue weighted by molar-refractivity contribution is -0.239. The highest BCUT2D eigenvalue weighted by Gasteiger charge is 3.04. The second-order valence-electron chi connectivity index (χ2n) is 11.3. The quantitative estimate of drug-likeness (QED) is 0.369. The number of aliphatic hydroxyl groups is 2. The Morgan fingerprint density at radius 2 is 1.79 bits per heavy atom. The number of hydrogen-bond acceptors (Lipinski definition) is 11. The van der Waals surface area contributed by atoms with Gasteiger partial charge in [-0.2, -0.15) is 0 Å². The van der Waals surface area contributed by atoms with Crippen molar-refractivity contribution < 1.29 is 53.1 Å². The van der Waals surface area contributed by atoms with Crippen LogP contribution in [-0.2, 0) is 42.9 Å². The Balaban J connectivity index is 1.71. The summed E-state index contributed by atoms with van der Waals surface area (Å²) in [6.07, 6.45) is -6.89. The Morgan fingerprint density at radius 1 is 1.12 bits per heavy atom. The van der Waals surface area contributed by atoms with E-state index in [2.05, 4.69) is 0 Å². The van der Waals surface area contributed by atoms with Crippen molar-refractivity contribution in [3.63, 3.8) is 0 Å². The van der Waals surface area contributed by atoms with Crippen molar-refractivity contribution in [2.45, 2.75) is 82.9 Å². The van der Waals surface area contributed by atoms with Crippen LogP contribution in [0.2, 0.25) is 0 Å². The molecule has 2 spiro atoms. The van der Waals surface area contributed by atoms with Crippen LogP contribution in [-0.4, -0.2) is 76.0 Å². The first kappa shape index (κ1) is 21.3. The Labute approximate surface area is 188 Å². The summed E-state index contributed by atoms with van der Waals surface area (Å²) < 4.78 is 28.4. The molecule has 6 fully saturated rings. The normalized spacial score (nSPS) is 55.5. The SMILES string of the molecule is CC(=O)O[C@H]1C(=O)O[C@H]2O[C@]34C(=O)OC5C[C@@H](C(C)(C)C)C21[C@@]53[C@@H](O)[C@@H]1OC(=O)[C@@H](C)[C@@]14O. The van der Waals surface area contributed by atoms with Crippen LogP contribution in [0.3, 0.4) is 0 Å². The molecular weight excluding hydrogens is 440 g/mol. The van der Waals surface area contributed by atoms with Gasteiger partial charge < -0.3 is 33.9 Å². The molecule has 180 valence electrons. The number of rotatable bonds is 1. The average Bonchev–Trinajstić information content (AvgIpc) is 3.40. The van der Waals surface area contributed by atoms with Crippen molar-refractivity contribution in [1.29, 1.82) is 0 Å². The van der Waals surface area contributed by atoms with E-state index >= 15 is 0 Å². The van der Waals surface area contributed by atoms with Gasteiger partial charge in [0.2, 0.25) is 18.0 Å². The first-order valence-corrected chi connectivity index (χ1v) is 11.1. The second-order valence-corrected chi connectivity index (χ2v) is 11.3. The monoisotopic (exact) mass is 466 g/mol. The van der Waals surface area contributed by atoms with Crippen LogP contribution in [0.5, 0.6) is 0 Å². The van der Waals surface area contributed by atoms with Crippen molar-refractivity contribution in [3.8, 4) is 0 Å². The third kappa shape index (κ3) is 1.71. The van der Waals surface area contributed by atoms with Gasteiger partial charge >= 0.3 is 23.9 Å². The Bertz CT molecular complexity index is 1030. The van der Waals surface area contributed by atoms with E-state index in [1.807, 2.05) is 20.8 Å². The highest BCUT2D eigenvalue weighted by atomic mass is 16.8. The number of ether oxygens (including phenoxy) is 5. The van der Waals surface area contributed by atoms with Gasteiger partial charge in [0.25, 0.3) is 0 Å². The van der Waals surface area contributed by atoms with Crippen molar-refractivity contribution in [3.05, 3.63) is 0 Å². The zero-order valence-corrected chi connectivity index (χ0v) is 18.8. The topological polar surface area (TPSA) is 155 Å². The molecule has 11 heteroatoms. The third-order valence-electron chi connectivity index (χ3n) is 9.25. The van der Waals surface area contributed by atoms with Crippen molar-refractivity contribution >= 4 is 23.9 Å². The van der Waals surface area contributed by atoms with Gasteiger partial charge in [0.15, 0.2) is 11.7 Å². The minimum atomic E-state index is -2.29. The molecule has 0 radical (unpaired) electrons. The van der Waals surface area contributed by atoms with E-state index in [-0.39, 0.29) is 6.42 Å². The molecule has 0 aromatic carbocycles. The number of esters is 4. The van der Waals surface area contributed by atoms with Crippen LogP contribution in [0.4, 0.5) is 0 Å². The summed E-state index contributed by atoms with van der Waals surface area (Å²) in [5.74, 6) is -5.12. The molecule has 2 unspecified atom stereocenters. The molecule has 11 atom stereocenters. The molecule has 2 aliphatic carbocycles. The van der Waals surface area contributed by atoms with Gasteiger partial charge in [-0.25, -0.2) is 9.59 Å². The highest BCUT2D eigenvalue weighted by molar-refractivity contribution is 5.94. The molecule has 33 heavy (non-hydrogen) atoms. The van der Waals surface area contributed by atoms with E-state index in [4.69, 9.17) is 23.7 Å². The zero-order valence-electron chi connectivity index (χ0n) is 18.8. The van der Waals surface area contributed by atoms with Crippen LogP contribution in [0.25, 0.3) is 0 Å². The maximum atomic E-state index is 13.6. The standard InChI is InChI=1S/C22H26O11/c1-7-14(25)31-12-11(24)20-10-6-9(18(3,4)5)19(20)13(29-8(2)23)15(26)32-17(19)33-22(20,16(27)30-10)21(7,12)28/h7,9-13,17,24,28H,6H2,1-5H3/t7-,9+,10?,11+,12+,13+,17+,19?,20+,21-,22-/m1/s1. The first-order chi connectivity index (χ1) is 15.2. The fourth-order valence-corrected chi connectivity index (χ4v) is 8.40. The fourth-order valence-electron chi connectivity index (χ4n) is 8.40. The van der Waals surface area contributed by atoms with Crippen molar-refractivity contribution in [2.24, 2.45) is 28.1 Å². The summed E-state index contributed by atoms with van der Waals surface area (Å²) in [6.45, 7) is 8.27. The Morgan fingerprint density at radius 3 is 2.39 bits per heavy atom. The zero-order chi connectivity index (χ0) is 24.1. The predicted molar refractivity (Wildman–Crippen MR) is 102 cm³/mol. The smallest absolute Gasteiger partial charge is 0.350 e. The molecule has 6 rings (SSSR count). The molecule has 6 aliphatic rings. The van der Waals surface area contributed by atoms with Gasteiger partial charge in [0.05, 0.1) is 16.7 Å². The van der Waals surface area contributed by atoms with Crippen LogP contribution < -0.4 is 0 Å². The van der Waals surface area contributed by atoms with E-state index in [0.29, 0.717) is 0 Å². The number of aliphatic hydroxyl groups excluding tert-OH is 1. The van der Waals surface area contributed by atoms with E-state index in [0.717, 1.165) is 6.92 Å². The predicted octanol–water partition coefficient (Wildman–Crippen LogP) is -0.799. The summed E-state index contributed by atoms with van der Waals surface area (Å²) in [5.41, 5.74) is -8.44. The van der Waals surface area contributed by atoms with Gasteiger partial charge in [0.1, 0.15) is 12.2 Å². The molecule has 11 nitrogen and oxygen atoms in total. The maximum Gasteiger partial charge on any atom is 0.350 e. The fraction of sp³-hybridized carbons (Fsp3) is 0.818. The molecule has 0 amide bonds. The van der Waals surface area contributed by atoms with Gasteiger partial charge in [-0.15, -0.1) is 0 Å². The van der Waals surface area contributed by atoms with E-state index in [9.17, 15) is 29.4 Å². The van der Waals surface area contributed by atoms with Crippen LogP contribution in [0.1, 0.15) is 41.0 Å². The summed E-state index contributed by atoms with van der Waals surface area (Å²) >= 11 is 0. The Hall–Kier alpha value is -2.24. The minimum Gasteiger partial charge on any atom is -0.459 e. The van der Waals surface area contributed by atoms with Crippen LogP contribution >= 0.6 is 0 Å². The van der Waals surface area contributed by atoms with Crippen molar-refractivity contribution in [2.75, 3.05) is 0 Å². The van der Waals surface area contributed by atoms with E-state index in [1.54, 1.807) is 0 Å². The summed E-state index contributed by atoms with van der Waals surface area (Å²) in [4.78, 5) is 51.2. The summed E-state index contributed by atoms with van der Waals surface area (Å²) in [6, 6.07) is 0. The van der Waals surface area contributed by atoms with Gasteiger partial charge in [-0.05, 0) is 24.7 Å². The lowest BCUT2D eigenvalue weighted by atomic mass is 9.51. The number of hydrogen-bond donors (Lipinski definition) is 2. The van der Waals surface area contributed by atoms with Gasteiger partial charge in [-0.1, -0.05) is 20.8 Å². The molecule has 0 bridgehead atoms. The van der Waals surface area contributed by atoms with E-state index < -0.39 is 93.9 Å². The molecule has 4 heterocycles. The molecule has 0 aromatic heterocycles. The van der Waals surface area contributed by atoms with Gasteiger partial charge in [0, 0.05) is 6.92 Å². The summed E-state index contributed by atoms with van der Waals surface area (Å²) in [5, 5.41) is 23.8. The number of fused-ring (bicyclic) bond motifs is 1. The molecule has 0 aromatic rings. The third-order valence-corrected chi connectivity index (χ3v) is 9.25. The molecule has 4 aliphatic heterocycles. The van der Waals surface area contributed by atoms with Crippen LogP contribution in [0.15, 0.2) is 0 Å².